The van der Waals surface area contributed by atoms with E-state index in [2.05, 4.69) is 22.6 Å². The van der Waals surface area contributed by atoms with Crippen LogP contribution < -0.4 is 10.6 Å². The molecule has 2 aromatic rings. The van der Waals surface area contributed by atoms with Crippen LogP contribution in [-0.2, 0) is 20.7 Å². The van der Waals surface area contributed by atoms with Gasteiger partial charge in [-0.1, -0.05) is 30.3 Å². The predicted molar refractivity (Wildman–Crippen MR) is 130 cm³/mol. The SMILES string of the molecule is CC(=O)c1ccc2c(c1)C(=C(NC1CCN(C)CC1)C1=COC(Cc3ccccc3)O1)C(=O)N2. The number of benzene rings is 2. The molecule has 0 saturated carbocycles. The number of fused-ring (bicyclic) bond motifs is 1. The second kappa shape index (κ2) is 9.35. The number of anilines is 1. The minimum atomic E-state index is -0.472. The van der Waals surface area contributed by atoms with Gasteiger partial charge >= 0.3 is 0 Å². The summed E-state index contributed by atoms with van der Waals surface area (Å²) in [7, 11) is 2.12. The van der Waals surface area contributed by atoms with Gasteiger partial charge in [0.15, 0.2) is 11.5 Å². The molecule has 0 aromatic heterocycles. The van der Waals surface area contributed by atoms with Gasteiger partial charge in [-0.05, 0) is 63.7 Å². The minimum Gasteiger partial charge on any atom is -0.458 e. The minimum absolute atomic E-state index is 0.0473. The van der Waals surface area contributed by atoms with Crippen molar-refractivity contribution in [3.63, 3.8) is 0 Å². The van der Waals surface area contributed by atoms with Crippen LogP contribution in [0.1, 0.15) is 41.3 Å². The van der Waals surface area contributed by atoms with Gasteiger partial charge in [0.1, 0.15) is 6.26 Å². The monoisotopic (exact) mass is 459 g/mol. The van der Waals surface area contributed by atoms with Crippen LogP contribution in [0.4, 0.5) is 5.69 Å². The third-order valence-corrected chi connectivity index (χ3v) is 6.56. The van der Waals surface area contributed by atoms with E-state index in [1.807, 2.05) is 30.3 Å². The van der Waals surface area contributed by atoms with E-state index >= 15 is 0 Å². The number of nitrogens with one attached hydrogen (secondary N) is 2. The van der Waals surface area contributed by atoms with E-state index in [1.54, 1.807) is 24.5 Å². The standard InChI is InChI=1S/C27H29N3O4/c1-17(31)19-8-9-22-21(15-19)25(27(32)29-22)26(28-20-10-12-30(2)13-11-20)23-16-33-24(34-23)14-18-6-4-3-5-7-18/h3-9,15-16,20,24,28H,10-14H2,1-2H3,(H,29,32). The maximum absolute atomic E-state index is 13.2. The first-order valence-electron chi connectivity index (χ1n) is 11.7. The second-order valence-corrected chi connectivity index (χ2v) is 9.10. The third-order valence-electron chi connectivity index (χ3n) is 6.56. The Balaban J connectivity index is 1.48. The molecular formula is C27H29N3O4. The van der Waals surface area contributed by atoms with Gasteiger partial charge in [0.25, 0.3) is 5.91 Å². The van der Waals surface area contributed by atoms with Crippen LogP contribution in [-0.4, -0.2) is 49.1 Å². The van der Waals surface area contributed by atoms with Crippen LogP contribution in [0.25, 0.3) is 5.57 Å². The van der Waals surface area contributed by atoms with Gasteiger partial charge in [-0.25, -0.2) is 0 Å². The van der Waals surface area contributed by atoms with Gasteiger partial charge < -0.3 is 25.0 Å². The summed E-state index contributed by atoms with van der Waals surface area (Å²) >= 11 is 0. The van der Waals surface area contributed by atoms with E-state index in [9.17, 15) is 9.59 Å². The highest BCUT2D eigenvalue weighted by atomic mass is 16.7. The number of rotatable bonds is 6. The summed E-state index contributed by atoms with van der Waals surface area (Å²) < 4.78 is 12.1. The molecule has 3 aliphatic rings. The summed E-state index contributed by atoms with van der Waals surface area (Å²) in [6.07, 6.45) is 3.63. The molecule has 3 heterocycles. The highest BCUT2D eigenvalue weighted by Gasteiger charge is 2.34. The smallest absolute Gasteiger partial charge is 0.258 e. The molecule has 0 bridgehead atoms. The van der Waals surface area contributed by atoms with Crippen molar-refractivity contribution in [2.75, 3.05) is 25.5 Å². The van der Waals surface area contributed by atoms with Crippen LogP contribution in [0.5, 0.6) is 0 Å². The van der Waals surface area contributed by atoms with Crippen LogP contribution in [0.2, 0.25) is 0 Å². The largest absolute Gasteiger partial charge is 0.458 e. The maximum Gasteiger partial charge on any atom is 0.258 e. The molecule has 1 unspecified atom stereocenters. The number of hydrogen-bond donors (Lipinski definition) is 2. The fourth-order valence-electron chi connectivity index (χ4n) is 4.61. The molecule has 0 aliphatic carbocycles. The Morgan fingerprint density at radius 1 is 1.15 bits per heavy atom. The number of likely N-dealkylation sites (tertiary alicyclic amines) is 1. The first-order valence-corrected chi connectivity index (χ1v) is 11.7. The molecule has 5 rings (SSSR count). The van der Waals surface area contributed by atoms with Crippen molar-refractivity contribution in [3.05, 3.63) is 82.9 Å². The van der Waals surface area contributed by atoms with Gasteiger partial charge in [0.05, 0.1) is 11.3 Å². The number of nitrogens with zero attached hydrogens (tertiary/aromatic N) is 1. The van der Waals surface area contributed by atoms with Crippen LogP contribution >= 0.6 is 0 Å². The van der Waals surface area contributed by atoms with Crippen LogP contribution in [0, 0.1) is 0 Å². The number of hydrogen-bond acceptors (Lipinski definition) is 6. The average Bonchev–Trinajstić information content (AvgIpc) is 3.42. The number of carbonyl (C=O) groups excluding carboxylic acids is 2. The number of piperidine rings is 1. The summed E-state index contributed by atoms with van der Waals surface area (Å²) in [6, 6.07) is 15.5. The lowest BCUT2D eigenvalue weighted by molar-refractivity contribution is -0.110. The summed E-state index contributed by atoms with van der Waals surface area (Å²) in [5.74, 6) is 0.238. The average molecular weight is 460 g/mol. The summed E-state index contributed by atoms with van der Waals surface area (Å²) in [5, 5.41) is 6.53. The summed E-state index contributed by atoms with van der Waals surface area (Å²) in [6.45, 7) is 3.48. The quantitative estimate of drug-likeness (QED) is 0.507. The normalized spacial score (nSPS) is 21.8. The Morgan fingerprint density at radius 2 is 1.91 bits per heavy atom. The van der Waals surface area contributed by atoms with E-state index in [4.69, 9.17) is 9.47 Å². The maximum atomic E-state index is 13.2. The Labute approximate surface area is 199 Å². The molecule has 34 heavy (non-hydrogen) atoms. The molecular weight excluding hydrogens is 430 g/mol. The Hall–Kier alpha value is -3.58. The van der Waals surface area contributed by atoms with Gasteiger partial charge in [0, 0.05) is 29.3 Å². The van der Waals surface area contributed by atoms with Gasteiger partial charge in [-0.2, -0.15) is 0 Å². The third kappa shape index (κ3) is 4.56. The van der Waals surface area contributed by atoms with E-state index in [-0.39, 0.29) is 17.7 Å². The Kier molecular flexibility index (Phi) is 6.11. The number of Topliss-reactive ketones (excluding diaryl/α,β-unsaturated/α-hetero) is 1. The molecule has 0 radical (unpaired) electrons. The van der Waals surface area contributed by atoms with Crippen molar-refractivity contribution in [3.8, 4) is 0 Å². The molecule has 2 N–H and O–H groups in total. The molecule has 0 spiro atoms. The molecule has 1 amide bonds. The Bertz CT molecular complexity index is 1160. The molecule has 176 valence electrons. The lowest BCUT2D eigenvalue weighted by Crippen LogP contribution is -2.41. The molecule has 3 aliphatic heterocycles. The van der Waals surface area contributed by atoms with Gasteiger partial charge in [0.2, 0.25) is 6.29 Å². The van der Waals surface area contributed by atoms with Gasteiger partial charge in [-0.15, -0.1) is 0 Å². The van der Waals surface area contributed by atoms with Crippen LogP contribution in [0.15, 0.2) is 66.2 Å². The number of ketones is 1. The van der Waals surface area contributed by atoms with Crippen molar-refractivity contribution in [1.29, 1.82) is 0 Å². The molecule has 7 nitrogen and oxygen atoms in total. The van der Waals surface area contributed by atoms with Crippen molar-refractivity contribution >= 4 is 23.0 Å². The lowest BCUT2D eigenvalue weighted by Gasteiger charge is -2.31. The molecule has 1 atom stereocenters. The zero-order valence-electron chi connectivity index (χ0n) is 19.5. The number of ether oxygens (including phenoxy) is 2. The number of amides is 1. The first kappa shape index (κ1) is 22.2. The first-order chi connectivity index (χ1) is 16.5. The molecule has 1 saturated heterocycles. The summed E-state index contributed by atoms with van der Waals surface area (Å²) in [4.78, 5) is 27.5. The fourth-order valence-corrected chi connectivity index (χ4v) is 4.61. The highest BCUT2D eigenvalue weighted by molar-refractivity contribution is 6.32. The molecule has 7 heteroatoms. The Morgan fingerprint density at radius 3 is 2.65 bits per heavy atom. The van der Waals surface area contributed by atoms with Crippen molar-refractivity contribution in [2.45, 2.75) is 38.5 Å². The zero-order valence-corrected chi connectivity index (χ0v) is 19.5. The van der Waals surface area contributed by atoms with Crippen molar-refractivity contribution in [2.24, 2.45) is 0 Å². The zero-order chi connectivity index (χ0) is 23.7. The van der Waals surface area contributed by atoms with Crippen LogP contribution in [0.3, 0.4) is 0 Å². The predicted octanol–water partition coefficient (Wildman–Crippen LogP) is 3.69. The number of carbonyl (C=O) groups is 2. The van der Waals surface area contributed by atoms with Crippen molar-refractivity contribution < 1.29 is 19.1 Å². The second-order valence-electron chi connectivity index (χ2n) is 9.10. The van der Waals surface area contributed by atoms with E-state index < -0.39 is 6.29 Å². The van der Waals surface area contributed by atoms with E-state index in [0.29, 0.717) is 40.3 Å². The summed E-state index contributed by atoms with van der Waals surface area (Å²) in [5.41, 5.74) is 4.15. The lowest BCUT2D eigenvalue weighted by atomic mass is 9.98. The van der Waals surface area contributed by atoms with E-state index in [0.717, 1.165) is 31.5 Å². The van der Waals surface area contributed by atoms with Crippen molar-refractivity contribution in [1.82, 2.24) is 10.2 Å². The van der Waals surface area contributed by atoms with E-state index in [1.165, 1.54) is 6.92 Å². The molecule has 1 fully saturated rings. The fraction of sp³-hybridized carbons (Fsp3) is 0.333. The van der Waals surface area contributed by atoms with Gasteiger partial charge in [-0.3, -0.25) is 9.59 Å². The topological polar surface area (TPSA) is 79.9 Å². The highest BCUT2D eigenvalue weighted by Crippen LogP contribution is 2.38. The molecule has 2 aromatic carbocycles.